The van der Waals surface area contributed by atoms with Gasteiger partial charge in [0, 0.05) is 28.4 Å². The molecule has 1 rings (SSSR count). The van der Waals surface area contributed by atoms with E-state index in [1.165, 1.54) is 7.11 Å². The maximum Gasteiger partial charge on any atom is 0.186 e. The molecule has 0 radical (unpaired) electrons. The molecule has 0 spiro atoms. The van der Waals surface area contributed by atoms with Crippen LogP contribution in [0.15, 0.2) is 0 Å². The van der Waals surface area contributed by atoms with Crippen molar-refractivity contribution in [1.82, 2.24) is 0 Å². The summed E-state index contributed by atoms with van der Waals surface area (Å²) in [6.07, 6.45) is -2.95. The summed E-state index contributed by atoms with van der Waals surface area (Å²) in [6.45, 7) is 1.64. The first-order valence-electron chi connectivity index (χ1n) is 5.55. The SMILES string of the molecule is CO[C@H]1O[C@H](C(C)O)[C@@H](OC)[C@H](OC)[C@H]1OC. The predicted octanol–water partition coefficient (Wildman–Crippen LogP) is -0.216. The van der Waals surface area contributed by atoms with E-state index >= 15 is 0 Å². The number of methoxy groups -OCH3 is 4. The average Bonchev–Trinajstić information content (AvgIpc) is 2.35. The molecule has 1 heterocycles. The fraction of sp³-hybridized carbons (Fsp3) is 1.00. The van der Waals surface area contributed by atoms with Gasteiger partial charge in [-0.2, -0.15) is 0 Å². The third-order valence-corrected chi connectivity index (χ3v) is 3.06. The van der Waals surface area contributed by atoms with Crippen LogP contribution >= 0.6 is 0 Å². The number of aliphatic hydroxyl groups is 1. The van der Waals surface area contributed by atoms with Crippen LogP contribution in [-0.4, -0.2) is 70.4 Å². The van der Waals surface area contributed by atoms with Crippen molar-refractivity contribution < 1.29 is 28.8 Å². The lowest BCUT2D eigenvalue weighted by Gasteiger charge is -2.45. The standard InChI is InChI=1S/C11H22O6/c1-6(12)7-8(13-2)9(14-3)10(15-4)11(16-5)17-7/h6-12H,1-5H3/t6?,7-,8-,9+,10-,11+/m1/s1. The Morgan fingerprint density at radius 2 is 1.41 bits per heavy atom. The van der Waals surface area contributed by atoms with Crippen LogP contribution in [0.3, 0.4) is 0 Å². The Balaban J connectivity index is 2.92. The Morgan fingerprint density at radius 3 is 1.76 bits per heavy atom. The van der Waals surface area contributed by atoms with Crippen molar-refractivity contribution in [2.75, 3.05) is 28.4 Å². The number of rotatable bonds is 5. The summed E-state index contributed by atoms with van der Waals surface area (Å²) in [6, 6.07) is 0. The van der Waals surface area contributed by atoms with Crippen LogP contribution in [0.4, 0.5) is 0 Å². The van der Waals surface area contributed by atoms with Crippen LogP contribution in [0.5, 0.6) is 0 Å². The largest absolute Gasteiger partial charge is 0.391 e. The van der Waals surface area contributed by atoms with Crippen LogP contribution in [-0.2, 0) is 23.7 Å². The van der Waals surface area contributed by atoms with Gasteiger partial charge < -0.3 is 28.8 Å². The van der Waals surface area contributed by atoms with Gasteiger partial charge in [0.15, 0.2) is 6.29 Å². The quantitative estimate of drug-likeness (QED) is 0.728. The van der Waals surface area contributed by atoms with Crippen molar-refractivity contribution in [1.29, 1.82) is 0 Å². The minimum absolute atomic E-state index is 0.358. The fourth-order valence-corrected chi connectivity index (χ4v) is 2.20. The molecule has 6 nitrogen and oxygen atoms in total. The van der Waals surface area contributed by atoms with Gasteiger partial charge in [-0.1, -0.05) is 0 Å². The third kappa shape index (κ3) is 2.96. The van der Waals surface area contributed by atoms with Gasteiger partial charge in [0.05, 0.1) is 6.10 Å². The van der Waals surface area contributed by atoms with E-state index in [0.717, 1.165) is 0 Å². The molecule has 0 saturated carbocycles. The second-order valence-corrected chi connectivity index (χ2v) is 4.05. The second-order valence-electron chi connectivity index (χ2n) is 4.05. The minimum atomic E-state index is -0.687. The van der Waals surface area contributed by atoms with Crippen LogP contribution in [0.2, 0.25) is 0 Å². The van der Waals surface area contributed by atoms with Gasteiger partial charge in [0.1, 0.15) is 24.4 Å². The normalized spacial score (nSPS) is 40.2. The van der Waals surface area contributed by atoms with E-state index in [4.69, 9.17) is 23.7 Å². The molecule has 0 aromatic carbocycles. The number of ether oxygens (including phenoxy) is 5. The molecule has 1 N–H and O–H groups in total. The summed E-state index contributed by atoms with van der Waals surface area (Å²) in [7, 11) is 6.20. The number of aliphatic hydroxyl groups excluding tert-OH is 1. The van der Waals surface area contributed by atoms with E-state index < -0.39 is 30.7 Å². The highest BCUT2D eigenvalue weighted by Gasteiger charge is 2.48. The molecular formula is C11H22O6. The third-order valence-electron chi connectivity index (χ3n) is 3.06. The molecule has 6 atom stereocenters. The van der Waals surface area contributed by atoms with Gasteiger partial charge in [0.25, 0.3) is 0 Å². The molecule has 17 heavy (non-hydrogen) atoms. The van der Waals surface area contributed by atoms with Crippen molar-refractivity contribution >= 4 is 0 Å². The van der Waals surface area contributed by atoms with E-state index in [9.17, 15) is 5.11 Å². The molecule has 0 aromatic heterocycles. The van der Waals surface area contributed by atoms with E-state index in [2.05, 4.69) is 0 Å². The molecule has 1 unspecified atom stereocenters. The van der Waals surface area contributed by atoms with Crippen molar-refractivity contribution in [2.45, 2.75) is 43.7 Å². The van der Waals surface area contributed by atoms with E-state index in [-0.39, 0.29) is 6.10 Å². The first-order valence-corrected chi connectivity index (χ1v) is 5.55. The molecule has 1 aliphatic heterocycles. The smallest absolute Gasteiger partial charge is 0.186 e. The molecular weight excluding hydrogens is 228 g/mol. The van der Waals surface area contributed by atoms with Gasteiger partial charge in [0.2, 0.25) is 0 Å². The summed E-state index contributed by atoms with van der Waals surface area (Å²) in [4.78, 5) is 0. The van der Waals surface area contributed by atoms with Crippen LogP contribution in [0.1, 0.15) is 6.92 Å². The molecule has 0 aliphatic carbocycles. The zero-order valence-electron chi connectivity index (χ0n) is 11.0. The van der Waals surface area contributed by atoms with Crippen molar-refractivity contribution in [3.63, 3.8) is 0 Å². The Bertz CT molecular complexity index is 222. The van der Waals surface area contributed by atoms with Crippen LogP contribution in [0.25, 0.3) is 0 Å². The van der Waals surface area contributed by atoms with Gasteiger partial charge in [-0.25, -0.2) is 0 Å². The molecule has 102 valence electrons. The van der Waals surface area contributed by atoms with Crippen molar-refractivity contribution in [2.24, 2.45) is 0 Å². The summed E-state index contributed by atoms with van der Waals surface area (Å²) in [5.74, 6) is 0. The second kappa shape index (κ2) is 6.63. The summed E-state index contributed by atoms with van der Waals surface area (Å²) in [5.41, 5.74) is 0. The number of hydrogen-bond donors (Lipinski definition) is 1. The summed E-state index contributed by atoms with van der Waals surface area (Å²) in [5, 5.41) is 9.71. The fourth-order valence-electron chi connectivity index (χ4n) is 2.20. The minimum Gasteiger partial charge on any atom is -0.391 e. The summed E-state index contributed by atoms with van der Waals surface area (Å²) < 4.78 is 26.9. The molecule has 0 bridgehead atoms. The Labute approximate surface area is 102 Å². The van der Waals surface area contributed by atoms with Crippen LogP contribution < -0.4 is 0 Å². The van der Waals surface area contributed by atoms with Crippen LogP contribution in [0, 0.1) is 0 Å². The maximum absolute atomic E-state index is 9.71. The highest BCUT2D eigenvalue weighted by molar-refractivity contribution is 4.94. The lowest BCUT2D eigenvalue weighted by atomic mass is 9.95. The lowest BCUT2D eigenvalue weighted by molar-refractivity contribution is -0.314. The molecule has 1 aliphatic rings. The Hall–Kier alpha value is -0.240. The van der Waals surface area contributed by atoms with Crippen molar-refractivity contribution in [3.05, 3.63) is 0 Å². The zero-order valence-corrected chi connectivity index (χ0v) is 11.0. The van der Waals surface area contributed by atoms with Gasteiger partial charge in [-0.15, -0.1) is 0 Å². The Kier molecular flexibility index (Phi) is 5.78. The number of hydrogen-bond acceptors (Lipinski definition) is 6. The highest BCUT2D eigenvalue weighted by Crippen LogP contribution is 2.28. The van der Waals surface area contributed by atoms with Gasteiger partial charge >= 0.3 is 0 Å². The van der Waals surface area contributed by atoms with Gasteiger partial charge in [-0.3, -0.25) is 0 Å². The highest BCUT2D eigenvalue weighted by atomic mass is 16.7. The van der Waals surface area contributed by atoms with E-state index in [1.54, 1.807) is 28.3 Å². The van der Waals surface area contributed by atoms with Gasteiger partial charge in [-0.05, 0) is 6.92 Å². The van der Waals surface area contributed by atoms with Crippen molar-refractivity contribution in [3.8, 4) is 0 Å². The first-order chi connectivity index (χ1) is 8.10. The monoisotopic (exact) mass is 250 g/mol. The molecule has 1 fully saturated rings. The summed E-state index contributed by atoms with van der Waals surface area (Å²) >= 11 is 0. The first kappa shape index (κ1) is 14.8. The lowest BCUT2D eigenvalue weighted by Crippen LogP contribution is -2.62. The topological polar surface area (TPSA) is 66.4 Å². The van der Waals surface area contributed by atoms with E-state index in [1.807, 2.05) is 0 Å². The zero-order chi connectivity index (χ0) is 13.0. The molecule has 1 saturated heterocycles. The molecule has 0 amide bonds. The molecule has 6 heteroatoms. The average molecular weight is 250 g/mol. The molecule has 0 aromatic rings. The predicted molar refractivity (Wildman–Crippen MR) is 59.7 cm³/mol. The van der Waals surface area contributed by atoms with E-state index in [0.29, 0.717) is 0 Å². The Morgan fingerprint density at radius 1 is 0.882 bits per heavy atom. The maximum atomic E-state index is 9.71.